The average Bonchev–Trinajstić information content (AvgIpc) is 2.93. The maximum Gasteiger partial charge on any atom is 0.313 e. The molecule has 0 aliphatic heterocycles. The van der Waals surface area contributed by atoms with Crippen molar-refractivity contribution < 1.29 is 14.6 Å². The number of nitrogens with zero attached hydrogens (tertiary/aromatic N) is 3. The summed E-state index contributed by atoms with van der Waals surface area (Å²) in [6, 6.07) is 7.94. The van der Waals surface area contributed by atoms with Crippen molar-refractivity contribution in [2.45, 2.75) is 38.6 Å². The van der Waals surface area contributed by atoms with Gasteiger partial charge in [0, 0.05) is 6.54 Å². The van der Waals surface area contributed by atoms with Crippen molar-refractivity contribution in [3.63, 3.8) is 0 Å². The van der Waals surface area contributed by atoms with Crippen molar-refractivity contribution in [2.75, 3.05) is 5.75 Å². The summed E-state index contributed by atoms with van der Waals surface area (Å²) >= 11 is 1.16. The van der Waals surface area contributed by atoms with Crippen LogP contribution in [-0.4, -0.2) is 31.6 Å². The molecule has 0 aliphatic rings. The van der Waals surface area contributed by atoms with Crippen LogP contribution in [0.15, 0.2) is 29.4 Å². The first-order valence-corrected chi connectivity index (χ1v) is 8.11. The number of thioether (sulfide) groups is 1. The highest BCUT2D eigenvalue weighted by Gasteiger charge is 2.13. The molecule has 1 heterocycles. The quantitative estimate of drug-likeness (QED) is 0.753. The Bertz CT molecular complexity index is 643. The van der Waals surface area contributed by atoms with E-state index >= 15 is 0 Å². The fourth-order valence-electron chi connectivity index (χ4n) is 1.98. The molecular formula is C15H19N3O3S. The number of carboxylic acid groups (broad SMARTS) is 1. The van der Waals surface area contributed by atoms with Gasteiger partial charge < -0.3 is 14.4 Å². The zero-order chi connectivity index (χ0) is 15.9. The third-order valence-corrected chi connectivity index (χ3v) is 4.06. The van der Waals surface area contributed by atoms with Gasteiger partial charge in [-0.15, -0.1) is 10.2 Å². The van der Waals surface area contributed by atoms with Crippen LogP contribution in [0.5, 0.6) is 5.75 Å². The van der Waals surface area contributed by atoms with Gasteiger partial charge >= 0.3 is 5.97 Å². The first kappa shape index (κ1) is 16.4. The number of carboxylic acids is 1. The Morgan fingerprint density at radius 2 is 2.18 bits per heavy atom. The van der Waals surface area contributed by atoms with E-state index in [1.54, 1.807) is 0 Å². The molecule has 0 saturated heterocycles. The van der Waals surface area contributed by atoms with Gasteiger partial charge in [0.15, 0.2) is 11.0 Å². The lowest BCUT2D eigenvalue weighted by Crippen LogP contribution is -2.08. The molecule has 6 nitrogen and oxygen atoms in total. The Balaban J connectivity index is 2.04. The molecule has 0 saturated carbocycles. The third kappa shape index (κ3) is 4.24. The Morgan fingerprint density at radius 1 is 1.36 bits per heavy atom. The first-order valence-electron chi connectivity index (χ1n) is 7.12. The van der Waals surface area contributed by atoms with Gasteiger partial charge in [-0.2, -0.15) is 0 Å². The zero-order valence-corrected chi connectivity index (χ0v) is 13.5. The van der Waals surface area contributed by atoms with E-state index in [9.17, 15) is 4.79 Å². The second-order valence-electron chi connectivity index (χ2n) is 4.62. The fourth-order valence-corrected chi connectivity index (χ4v) is 2.72. The van der Waals surface area contributed by atoms with E-state index in [1.165, 1.54) is 5.56 Å². The molecule has 1 aromatic carbocycles. The molecule has 22 heavy (non-hydrogen) atoms. The zero-order valence-electron chi connectivity index (χ0n) is 12.7. The van der Waals surface area contributed by atoms with Crippen molar-refractivity contribution in [3.05, 3.63) is 35.7 Å². The number of hydrogen-bond donors (Lipinski definition) is 1. The van der Waals surface area contributed by atoms with E-state index < -0.39 is 5.97 Å². The Morgan fingerprint density at radius 3 is 2.86 bits per heavy atom. The van der Waals surface area contributed by atoms with Crippen molar-refractivity contribution in [1.82, 2.24) is 14.8 Å². The molecule has 0 radical (unpaired) electrons. The van der Waals surface area contributed by atoms with Crippen LogP contribution in [0, 0.1) is 0 Å². The molecule has 0 fully saturated rings. The molecule has 2 rings (SSSR count). The molecule has 0 atom stereocenters. The Labute approximate surface area is 133 Å². The van der Waals surface area contributed by atoms with Crippen LogP contribution in [0.2, 0.25) is 0 Å². The molecule has 7 heteroatoms. The highest BCUT2D eigenvalue weighted by molar-refractivity contribution is 7.99. The highest BCUT2D eigenvalue weighted by atomic mass is 32.2. The van der Waals surface area contributed by atoms with Crippen LogP contribution < -0.4 is 4.74 Å². The molecular weight excluding hydrogens is 302 g/mol. The number of aromatic nitrogens is 3. The number of aliphatic carboxylic acids is 1. The maximum absolute atomic E-state index is 10.6. The van der Waals surface area contributed by atoms with Crippen molar-refractivity contribution in [1.29, 1.82) is 0 Å². The normalized spacial score (nSPS) is 10.6. The van der Waals surface area contributed by atoms with Gasteiger partial charge in [0.2, 0.25) is 0 Å². The summed E-state index contributed by atoms with van der Waals surface area (Å²) in [6.45, 7) is 5.04. The number of rotatable bonds is 8. The SMILES string of the molecule is CCc1cccc(OCc2nnc(SCC(=O)O)n2CC)c1. The molecule has 1 N–H and O–H groups in total. The summed E-state index contributed by atoms with van der Waals surface area (Å²) < 4.78 is 7.64. The molecule has 0 amide bonds. The number of carbonyl (C=O) groups is 1. The smallest absolute Gasteiger partial charge is 0.313 e. The minimum absolute atomic E-state index is 0.0302. The number of ether oxygens (including phenoxy) is 1. The molecule has 2 aromatic rings. The van der Waals surface area contributed by atoms with Gasteiger partial charge in [0.05, 0.1) is 5.75 Å². The predicted molar refractivity (Wildman–Crippen MR) is 84.2 cm³/mol. The van der Waals surface area contributed by atoms with Crippen LogP contribution in [0.3, 0.4) is 0 Å². The van der Waals surface area contributed by atoms with Crippen molar-refractivity contribution >= 4 is 17.7 Å². The van der Waals surface area contributed by atoms with Gasteiger partial charge in [0.1, 0.15) is 12.4 Å². The maximum atomic E-state index is 10.6. The first-order chi connectivity index (χ1) is 10.6. The van der Waals surface area contributed by atoms with E-state index in [0.29, 0.717) is 24.1 Å². The monoisotopic (exact) mass is 321 g/mol. The van der Waals surface area contributed by atoms with Crippen LogP contribution >= 0.6 is 11.8 Å². The second-order valence-corrected chi connectivity index (χ2v) is 5.56. The van der Waals surface area contributed by atoms with Gasteiger partial charge in [-0.3, -0.25) is 4.79 Å². The van der Waals surface area contributed by atoms with E-state index in [-0.39, 0.29) is 5.75 Å². The van der Waals surface area contributed by atoms with Crippen LogP contribution in [0.1, 0.15) is 25.2 Å². The largest absolute Gasteiger partial charge is 0.486 e. The highest BCUT2D eigenvalue weighted by Crippen LogP contribution is 2.19. The molecule has 118 valence electrons. The Kier molecular flexibility index (Phi) is 5.83. The molecule has 0 bridgehead atoms. The number of benzene rings is 1. The molecule has 1 aromatic heterocycles. The van der Waals surface area contributed by atoms with Crippen LogP contribution in [-0.2, 0) is 24.4 Å². The number of aryl methyl sites for hydroxylation is 1. The Hall–Kier alpha value is -2.02. The molecule has 0 unspecified atom stereocenters. The predicted octanol–water partition coefficient (Wildman–Crippen LogP) is 2.62. The average molecular weight is 321 g/mol. The summed E-state index contributed by atoms with van der Waals surface area (Å²) in [5.74, 6) is 0.587. The van der Waals surface area contributed by atoms with Gasteiger partial charge in [-0.25, -0.2) is 0 Å². The third-order valence-electron chi connectivity index (χ3n) is 3.11. The summed E-state index contributed by atoms with van der Waals surface area (Å²) in [6.07, 6.45) is 0.957. The van der Waals surface area contributed by atoms with Crippen molar-refractivity contribution in [3.8, 4) is 5.75 Å². The van der Waals surface area contributed by atoms with E-state index in [0.717, 1.165) is 23.9 Å². The lowest BCUT2D eigenvalue weighted by atomic mass is 10.2. The van der Waals surface area contributed by atoms with Gasteiger partial charge in [-0.05, 0) is 31.0 Å². The summed E-state index contributed by atoms with van der Waals surface area (Å²) in [4.78, 5) is 10.6. The second kappa shape index (κ2) is 7.84. The summed E-state index contributed by atoms with van der Waals surface area (Å²) in [5.41, 5.74) is 1.21. The van der Waals surface area contributed by atoms with E-state index in [2.05, 4.69) is 23.2 Å². The summed E-state index contributed by atoms with van der Waals surface area (Å²) in [7, 11) is 0. The van der Waals surface area contributed by atoms with Crippen LogP contribution in [0.25, 0.3) is 0 Å². The minimum atomic E-state index is -0.871. The summed E-state index contributed by atoms with van der Waals surface area (Å²) in [5, 5.41) is 17.5. The number of hydrogen-bond acceptors (Lipinski definition) is 5. The van der Waals surface area contributed by atoms with Crippen molar-refractivity contribution in [2.24, 2.45) is 0 Å². The lowest BCUT2D eigenvalue weighted by Gasteiger charge is -2.09. The fraction of sp³-hybridized carbons (Fsp3) is 0.400. The topological polar surface area (TPSA) is 77.2 Å². The van der Waals surface area contributed by atoms with Gasteiger partial charge in [0.25, 0.3) is 0 Å². The lowest BCUT2D eigenvalue weighted by molar-refractivity contribution is -0.133. The van der Waals surface area contributed by atoms with Gasteiger partial charge in [-0.1, -0.05) is 30.8 Å². The van der Waals surface area contributed by atoms with Crippen LogP contribution in [0.4, 0.5) is 0 Å². The standard InChI is InChI=1S/C15H19N3O3S/c1-3-11-6-5-7-12(8-11)21-9-13-16-17-15(18(13)4-2)22-10-14(19)20/h5-8H,3-4,9-10H2,1-2H3,(H,19,20). The van der Waals surface area contributed by atoms with E-state index in [4.69, 9.17) is 9.84 Å². The minimum Gasteiger partial charge on any atom is -0.486 e. The molecule has 0 aliphatic carbocycles. The van der Waals surface area contributed by atoms with E-state index in [1.807, 2.05) is 29.7 Å². The molecule has 0 spiro atoms.